The lowest BCUT2D eigenvalue weighted by Gasteiger charge is -2.41. The Kier molecular flexibility index (Phi) is 7.13. The van der Waals surface area contributed by atoms with E-state index in [1.54, 1.807) is 7.11 Å². The molecule has 2 aliphatic rings. The van der Waals surface area contributed by atoms with Crippen LogP contribution in [0, 0.1) is 0 Å². The zero-order chi connectivity index (χ0) is 23.3. The highest BCUT2D eigenvalue weighted by molar-refractivity contribution is 5.84. The molecule has 1 aromatic heterocycles. The minimum atomic E-state index is -0.0843. The number of methoxy groups -OCH3 is 1. The van der Waals surface area contributed by atoms with Gasteiger partial charge >= 0.3 is 0 Å². The molecule has 2 aromatic carbocycles. The zero-order valence-electron chi connectivity index (χ0n) is 19.7. The Morgan fingerprint density at radius 3 is 2.85 bits per heavy atom. The fourth-order valence-electron chi connectivity index (χ4n) is 5.18. The minimum absolute atomic E-state index is 0.0645. The molecule has 180 valence electrons. The van der Waals surface area contributed by atoms with Crippen LogP contribution in [-0.2, 0) is 6.54 Å². The number of rotatable bonds is 8. The molecule has 0 radical (unpaired) electrons. The van der Waals surface area contributed by atoms with Gasteiger partial charge in [-0.2, -0.15) is 0 Å². The molecule has 3 heterocycles. The summed E-state index contributed by atoms with van der Waals surface area (Å²) in [7, 11) is 1.68. The van der Waals surface area contributed by atoms with E-state index in [1.165, 1.54) is 12.0 Å². The molecule has 2 atom stereocenters. The monoisotopic (exact) mass is 463 g/mol. The van der Waals surface area contributed by atoms with Crippen LogP contribution in [0.4, 0.5) is 0 Å². The summed E-state index contributed by atoms with van der Waals surface area (Å²) >= 11 is 0. The number of likely N-dealkylation sites (tertiary alicyclic amines) is 1. The van der Waals surface area contributed by atoms with E-state index in [2.05, 4.69) is 27.3 Å². The molecule has 0 bridgehead atoms. The maximum Gasteiger partial charge on any atom is 0.161 e. The van der Waals surface area contributed by atoms with Gasteiger partial charge in [0.05, 0.1) is 25.3 Å². The summed E-state index contributed by atoms with van der Waals surface area (Å²) < 4.78 is 16.8. The number of piperidine rings is 1. The van der Waals surface area contributed by atoms with E-state index in [4.69, 9.17) is 14.2 Å². The minimum Gasteiger partial charge on any atom is -0.497 e. The molecule has 2 unspecified atom stereocenters. The molecule has 0 amide bonds. The molecule has 2 N–H and O–H groups in total. The summed E-state index contributed by atoms with van der Waals surface area (Å²) in [5.74, 6) is 2.44. The van der Waals surface area contributed by atoms with E-state index in [-0.39, 0.29) is 12.6 Å². The SMILES string of the molecule is COc1ccc2nccc(C(CO)N3CCCCC3CNCc3ccc4c(c3)OCCO4)c2c1. The molecule has 1 fully saturated rings. The van der Waals surface area contributed by atoms with Crippen molar-refractivity contribution in [2.45, 2.75) is 37.9 Å². The number of fused-ring (bicyclic) bond motifs is 2. The van der Waals surface area contributed by atoms with Crippen molar-refractivity contribution in [1.29, 1.82) is 0 Å². The van der Waals surface area contributed by atoms with E-state index >= 15 is 0 Å². The number of nitrogens with one attached hydrogen (secondary N) is 1. The zero-order valence-corrected chi connectivity index (χ0v) is 19.7. The van der Waals surface area contributed by atoms with Crippen molar-refractivity contribution in [3.8, 4) is 17.2 Å². The molecule has 1 saturated heterocycles. The van der Waals surface area contributed by atoms with Crippen LogP contribution in [0.3, 0.4) is 0 Å². The first-order valence-electron chi connectivity index (χ1n) is 12.2. The second kappa shape index (κ2) is 10.6. The summed E-state index contributed by atoms with van der Waals surface area (Å²) in [6.45, 7) is 3.86. The Balaban J connectivity index is 1.31. The van der Waals surface area contributed by atoms with Gasteiger partial charge in [0.2, 0.25) is 0 Å². The number of pyridine rings is 1. The van der Waals surface area contributed by atoms with Crippen molar-refractivity contribution in [2.24, 2.45) is 0 Å². The first kappa shape index (κ1) is 22.9. The molecule has 0 aliphatic carbocycles. The van der Waals surface area contributed by atoms with E-state index < -0.39 is 0 Å². The standard InChI is InChI=1S/C27H33N3O4/c1-32-21-6-7-24-23(15-21)22(9-10-29-24)25(18-31)30-11-3-2-4-20(30)17-28-16-19-5-8-26-27(14-19)34-13-12-33-26/h5-10,14-15,20,25,28,31H,2-4,11-13,16-18H2,1H3. The number of hydrogen-bond acceptors (Lipinski definition) is 7. The summed E-state index contributed by atoms with van der Waals surface area (Å²) in [5.41, 5.74) is 3.20. The number of hydrogen-bond donors (Lipinski definition) is 2. The second-order valence-electron chi connectivity index (χ2n) is 8.98. The average molecular weight is 464 g/mol. The summed E-state index contributed by atoms with van der Waals surface area (Å²) in [4.78, 5) is 6.99. The molecular weight excluding hydrogens is 430 g/mol. The van der Waals surface area contributed by atoms with Gasteiger partial charge in [-0.3, -0.25) is 9.88 Å². The fraction of sp³-hybridized carbons (Fsp3) is 0.444. The average Bonchev–Trinajstić information content (AvgIpc) is 2.89. The lowest BCUT2D eigenvalue weighted by molar-refractivity contribution is 0.0567. The number of nitrogens with zero attached hydrogens (tertiary/aromatic N) is 2. The van der Waals surface area contributed by atoms with Crippen molar-refractivity contribution >= 4 is 10.9 Å². The molecule has 5 rings (SSSR count). The Hall–Kier alpha value is -2.87. The predicted octanol–water partition coefficient (Wildman–Crippen LogP) is 3.69. The van der Waals surface area contributed by atoms with E-state index in [1.807, 2.05) is 36.5 Å². The van der Waals surface area contributed by atoms with Gasteiger partial charge in [-0.05, 0) is 66.9 Å². The maximum atomic E-state index is 10.5. The van der Waals surface area contributed by atoms with Crippen LogP contribution in [0.5, 0.6) is 17.2 Å². The van der Waals surface area contributed by atoms with Gasteiger partial charge in [-0.15, -0.1) is 0 Å². The lowest BCUT2D eigenvalue weighted by Crippen LogP contribution is -2.48. The van der Waals surface area contributed by atoms with E-state index in [9.17, 15) is 5.11 Å². The van der Waals surface area contributed by atoms with Gasteiger partial charge in [-0.25, -0.2) is 0 Å². The highest BCUT2D eigenvalue weighted by Crippen LogP contribution is 2.34. The first-order chi connectivity index (χ1) is 16.8. The van der Waals surface area contributed by atoms with Crippen LogP contribution in [0.15, 0.2) is 48.7 Å². The maximum absolute atomic E-state index is 10.5. The third kappa shape index (κ3) is 4.82. The highest BCUT2D eigenvalue weighted by atomic mass is 16.6. The Bertz CT molecular complexity index is 1120. The van der Waals surface area contributed by atoms with Gasteiger partial charge in [0.15, 0.2) is 11.5 Å². The van der Waals surface area contributed by atoms with Crippen LogP contribution < -0.4 is 19.5 Å². The third-order valence-corrected chi connectivity index (χ3v) is 6.90. The largest absolute Gasteiger partial charge is 0.497 e. The normalized spacial score (nSPS) is 19.2. The molecular formula is C27H33N3O4. The highest BCUT2D eigenvalue weighted by Gasteiger charge is 2.30. The van der Waals surface area contributed by atoms with Crippen LogP contribution >= 0.6 is 0 Å². The number of aliphatic hydroxyl groups excluding tert-OH is 1. The molecule has 3 aromatic rings. The second-order valence-corrected chi connectivity index (χ2v) is 8.98. The van der Waals surface area contributed by atoms with Crippen molar-refractivity contribution in [3.05, 3.63) is 59.8 Å². The first-order valence-corrected chi connectivity index (χ1v) is 12.2. The summed E-state index contributed by atoms with van der Waals surface area (Å²) in [5, 5.41) is 15.2. The smallest absolute Gasteiger partial charge is 0.161 e. The molecule has 7 nitrogen and oxygen atoms in total. The van der Waals surface area contributed by atoms with Crippen LogP contribution in [0.2, 0.25) is 0 Å². The summed E-state index contributed by atoms with van der Waals surface area (Å²) in [6, 6.07) is 14.4. The van der Waals surface area contributed by atoms with E-state index in [0.717, 1.165) is 66.2 Å². The fourth-order valence-corrected chi connectivity index (χ4v) is 5.18. The Morgan fingerprint density at radius 1 is 1.12 bits per heavy atom. The molecule has 2 aliphatic heterocycles. The topological polar surface area (TPSA) is 76.1 Å². The van der Waals surface area contributed by atoms with Gasteiger partial charge in [0.25, 0.3) is 0 Å². The molecule has 0 saturated carbocycles. The van der Waals surface area contributed by atoms with E-state index in [0.29, 0.717) is 19.3 Å². The van der Waals surface area contributed by atoms with Gasteiger partial charge in [-0.1, -0.05) is 12.5 Å². The summed E-state index contributed by atoms with van der Waals surface area (Å²) in [6.07, 6.45) is 5.29. The predicted molar refractivity (Wildman–Crippen MR) is 132 cm³/mol. The third-order valence-electron chi connectivity index (χ3n) is 6.90. The number of aliphatic hydroxyl groups is 1. The number of ether oxygens (including phenoxy) is 3. The van der Waals surface area contributed by atoms with Crippen molar-refractivity contribution in [2.75, 3.05) is 40.0 Å². The molecule has 7 heteroatoms. The van der Waals surface area contributed by atoms with Crippen LogP contribution in [0.1, 0.15) is 36.4 Å². The molecule has 34 heavy (non-hydrogen) atoms. The van der Waals surface area contributed by atoms with Gasteiger partial charge in [0, 0.05) is 30.7 Å². The van der Waals surface area contributed by atoms with Crippen LogP contribution in [0.25, 0.3) is 10.9 Å². The number of benzene rings is 2. The number of aromatic nitrogens is 1. The van der Waals surface area contributed by atoms with Crippen molar-refractivity contribution < 1.29 is 19.3 Å². The Labute approximate surface area is 200 Å². The van der Waals surface area contributed by atoms with Crippen molar-refractivity contribution in [3.63, 3.8) is 0 Å². The lowest BCUT2D eigenvalue weighted by atomic mass is 9.94. The van der Waals surface area contributed by atoms with Crippen molar-refractivity contribution in [1.82, 2.24) is 15.2 Å². The molecule has 0 spiro atoms. The quantitative estimate of drug-likeness (QED) is 0.528. The van der Waals surface area contributed by atoms with Gasteiger partial charge in [0.1, 0.15) is 19.0 Å². The van der Waals surface area contributed by atoms with Crippen LogP contribution in [-0.4, -0.2) is 61.1 Å². The van der Waals surface area contributed by atoms with Gasteiger partial charge < -0.3 is 24.6 Å². The Morgan fingerprint density at radius 2 is 2.00 bits per heavy atom.